The molecule has 2 N–H and O–H groups in total. The molecule has 0 aromatic heterocycles. The Hall–Kier alpha value is -2.80. The summed E-state index contributed by atoms with van der Waals surface area (Å²) in [6.07, 6.45) is 1.40. The lowest BCUT2D eigenvalue weighted by Crippen LogP contribution is -2.50. The predicted molar refractivity (Wildman–Crippen MR) is 92.4 cm³/mol. The molecule has 0 saturated heterocycles. The van der Waals surface area contributed by atoms with Gasteiger partial charge in [-0.2, -0.15) is 0 Å². The number of fused-ring (bicyclic) bond motifs is 2. The van der Waals surface area contributed by atoms with Crippen LogP contribution in [-0.2, 0) is 4.79 Å². The third-order valence-electron chi connectivity index (χ3n) is 3.90. The highest BCUT2D eigenvalue weighted by molar-refractivity contribution is 8.13. The summed E-state index contributed by atoms with van der Waals surface area (Å²) >= 11 is 1.37. The number of hydrogen-bond donors (Lipinski definition) is 2. The summed E-state index contributed by atoms with van der Waals surface area (Å²) in [5, 5.41) is 20.6. The third-order valence-corrected chi connectivity index (χ3v) is 4.47. The van der Waals surface area contributed by atoms with Crippen LogP contribution in [-0.4, -0.2) is 27.4 Å². The molecule has 24 heavy (non-hydrogen) atoms. The Labute approximate surface area is 142 Å². The van der Waals surface area contributed by atoms with Crippen LogP contribution in [0.4, 0.5) is 0 Å². The highest BCUT2D eigenvalue weighted by Gasteiger charge is 2.33. The van der Waals surface area contributed by atoms with Gasteiger partial charge >= 0.3 is 0 Å². The minimum atomic E-state index is -0.455. The van der Waals surface area contributed by atoms with E-state index >= 15 is 0 Å². The minimum absolute atomic E-state index is 0.184. The van der Waals surface area contributed by atoms with E-state index < -0.39 is 6.17 Å². The van der Waals surface area contributed by atoms with Gasteiger partial charge in [-0.25, -0.2) is 5.01 Å². The monoisotopic (exact) mass is 338 g/mol. The fourth-order valence-corrected chi connectivity index (χ4v) is 3.15. The van der Waals surface area contributed by atoms with E-state index in [2.05, 4.69) is 10.4 Å². The Kier molecular flexibility index (Phi) is 3.50. The van der Waals surface area contributed by atoms with Gasteiger partial charge in [0.1, 0.15) is 11.4 Å². The molecule has 2 heterocycles. The number of amidine groups is 1. The lowest BCUT2D eigenvalue weighted by atomic mass is 10.1. The van der Waals surface area contributed by atoms with Crippen LogP contribution in [0.1, 0.15) is 11.7 Å². The van der Waals surface area contributed by atoms with Crippen molar-refractivity contribution in [3.8, 4) is 5.75 Å². The van der Waals surface area contributed by atoms with Crippen LogP contribution in [0.15, 0.2) is 58.6 Å². The summed E-state index contributed by atoms with van der Waals surface area (Å²) in [6.45, 7) is 0. The predicted octanol–water partition coefficient (Wildman–Crippen LogP) is 0.898. The van der Waals surface area contributed by atoms with Crippen LogP contribution < -0.4 is 15.9 Å². The first-order chi connectivity index (χ1) is 11.7. The number of rotatable bonds is 1. The molecule has 7 heteroatoms. The smallest absolute Gasteiger partial charge is 0.276 e. The maximum atomic E-state index is 12.6. The van der Waals surface area contributed by atoms with E-state index in [9.17, 15) is 9.90 Å². The van der Waals surface area contributed by atoms with Crippen molar-refractivity contribution in [1.29, 1.82) is 0 Å². The summed E-state index contributed by atoms with van der Waals surface area (Å²) in [5.74, 6) is -0.00988. The van der Waals surface area contributed by atoms with Gasteiger partial charge in [0.2, 0.25) is 0 Å². The first kappa shape index (κ1) is 14.8. The van der Waals surface area contributed by atoms with Crippen LogP contribution in [0, 0.1) is 0 Å². The van der Waals surface area contributed by atoms with Crippen molar-refractivity contribution >= 4 is 28.5 Å². The molecule has 2 aliphatic rings. The lowest BCUT2D eigenvalue weighted by molar-refractivity contribution is -0.116. The van der Waals surface area contributed by atoms with Crippen molar-refractivity contribution in [2.75, 3.05) is 6.26 Å². The van der Waals surface area contributed by atoms with Crippen molar-refractivity contribution in [1.82, 2.24) is 10.3 Å². The number of amides is 1. The van der Waals surface area contributed by atoms with Crippen LogP contribution in [0.5, 0.6) is 5.75 Å². The van der Waals surface area contributed by atoms with E-state index in [0.717, 1.165) is 16.1 Å². The Bertz CT molecular complexity index is 969. The third kappa shape index (κ3) is 2.33. The lowest BCUT2D eigenvalue weighted by Gasteiger charge is -2.33. The second-order valence-electron chi connectivity index (χ2n) is 5.37. The number of nitrogens with zero attached hydrogens (tertiary/aromatic N) is 3. The average molecular weight is 338 g/mol. The van der Waals surface area contributed by atoms with Gasteiger partial charge in [0, 0.05) is 5.22 Å². The molecule has 1 amide bonds. The van der Waals surface area contributed by atoms with Crippen molar-refractivity contribution in [2.24, 2.45) is 10.1 Å². The SMILES string of the molecule is CSC1=NN2C(=c3ccccc3=NC2c2ccc(O)cc2)C(=O)N1. The number of thioether (sulfide) groups is 1. The Morgan fingerprint density at radius 2 is 1.92 bits per heavy atom. The van der Waals surface area contributed by atoms with E-state index in [1.54, 1.807) is 29.3 Å². The Morgan fingerprint density at radius 3 is 2.67 bits per heavy atom. The number of benzene rings is 2. The fourth-order valence-electron chi connectivity index (χ4n) is 2.78. The molecule has 4 rings (SSSR count). The van der Waals surface area contributed by atoms with E-state index in [1.807, 2.05) is 30.5 Å². The number of phenolic OH excluding ortho intramolecular Hbond substituents is 1. The largest absolute Gasteiger partial charge is 0.508 e. The van der Waals surface area contributed by atoms with Gasteiger partial charge in [0.15, 0.2) is 11.3 Å². The number of para-hydroxylation sites is 1. The maximum absolute atomic E-state index is 12.6. The second kappa shape index (κ2) is 5.68. The topological polar surface area (TPSA) is 77.3 Å². The zero-order chi connectivity index (χ0) is 16.7. The van der Waals surface area contributed by atoms with Gasteiger partial charge < -0.3 is 5.11 Å². The van der Waals surface area contributed by atoms with Crippen molar-refractivity contribution in [3.63, 3.8) is 0 Å². The van der Waals surface area contributed by atoms with E-state index in [1.165, 1.54) is 11.8 Å². The van der Waals surface area contributed by atoms with Crippen LogP contribution in [0.2, 0.25) is 0 Å². The zero-order valence-electron chi connectivity index (χ0n) is 12.8. The Morgan fingerprint density at radius 1 is 1.17 bits per heavy atom. The number of hydrogen-bond acceptors (Lipinski definition) is 6. The molecule has 1 atom stereocenters. The first-order valence-electron chi connectivity index (χ1n) is 7.36. The number of carbonyl (C=O) groups is 1. The van der Waals surface area contributed by atoms with Gasteiger partial charge in [0.25, 0.3) is 5.91 Å². The quantitative estimate of drug-likeness (QED) is 0.810. The molecule has 120 valence electrons. The summed E-state index contributed by atoms with van der Waals surface area (Å²) in [6, 6.07) is 14.3. The zero-order valence-corrected chi connectivity index (χ0v) is 13.6. The number of phenols is 1. The number of aromatic hydroxyl groups is 1. The molecule has 1 unspecified atom stereocenters. The molecule has 2 aliphatic heterocycles. The summed E-state index contributed by atoms with van der Waals surface area (Å²) in [5.41, 5.74) is 1.33. The molecule has 0 saturated carbocycles. The average Bonchev–Trinajstić information content (AvgIpc) is 2.61. The normalized spacial score (nSPS) is 19.0. The maximum Gasteiger partial charge on any atom is 0.276 e. The fraction of sp³-hybridized carbons (Fsp3) is 0.118. The van der Waals surface area contributed by atoms with Crippen LogP contribution >= 0.6 is 11.8 Å². The second-order valence-corrected chi connectivity index (χ2v) is 6.16. The molecule has 0 bridgehead atoms. The number of carbonyl (C=O) groups excluding carboxylic acids is 1. The van der Waals surface area contributed by atoms with Crippen LogP contribution in [0.3, 0.4) is 0 Å². The summed E-state index contributed by atoms with van der Waals surface area (Å²) < 4.78 is 0. The molecular weight excluding hydrogens is 324 g/mol. The van der Waals surface area contributed by atoms with E-state index in [0.29, 0.717) is 10.9 Å². The van der Waals surface area contributed by atoms with Crippen molar-refractivity contribution in [3.05, 3.63) is 64.7 Å². The molecule has 0 radical (unpaired) electrons. The minimum Gasteiger partial charge on any atom is -0.508 e. The van der Waals surface area contributed by atoms with E-state index in [4.69, 9.17) is 4.99 Å². The van der Waals surface area contributed by atoms with Crippen LogP contribution in [0.25, 0.3) is 5.70 Å². The molecule has 6 nitrogen and oxygen atoms in total. The summed E-state index contributed by atoms with van der Waals surface area (Å²) in [7, 11) is 0. The van der Waals surface area contributed by atoms with Gasteiger partial charge in [-0.3, -0.25) is 15.1 Å². The molecule has 0 aliphatic carbocycles. The number of hydrazone groups is 1. The van der Waals surface area contributed by atoms with E-state index in [-0.39, 0.29) is 11.7 Å². The number of nitrogens with one attached hydrogen (secondary N) is 1. The standard InChI is InChI=1S/C17H14N4O2S/c1-24-17-19-16(23)14-12-4-2-3-5-13(12)18-15(21(14)20-17)10-6-8-11(22)9-7-10/h2-9,15,22H,1H3,(H,19,20,23). The first-order valence-corrected chi connectivity index (χ1v) is 8.59. The molecule has 2 aromatic rings. The molecular formula is C17H14N4O2S. The Balaban J connectivity index is 1.97. The van der Waals surface area contributed by atoms with Crippen molar-refractivity contribution in [2.45, 2.75) is 6.17 Å². The molecule has 0 spiro atoms. The highest BCUT2D eigenvalue weighted by atomic mass is 32.2. The van der Waals surface area contributed by atoms with Gasteiger partial charge in [-0.1, -0.05) is 42.1 Å². The van der Waals surface area contributed by atoms with Gasteiger partial charge in [0.05, 0.1) is 5.36 Å². The van der Waals surface area contributed by atoms with Gasteiger partial charge in [-0.15, -0.1) is 5.10 Å². The summed E-state index contributed by atoms with van der Waals surface area (Å²) in [4.78, 5) is 17.4. The molecule has 0 fully saturated rings. The highest BCUT2D eigenvalue weighted by Crippen LogP contribution is 2.31. The van der Waals surface area contributed by atoms with Crippen molar-refractivity contribution < 1.29 is 9.90 Å². The van der Waals surface area contributed by atoms with Gasteiger partial charge in [-0.05, 0) is 30.0 Å². The molecule has 2 aromatic carbocycles.